The van der Waals surface area contributed by atoms with E-state index in [1.165, 1.54) is 6.20 Å². The zero-order valence-corrected chi connectivity index (χ0v) is 14.2. The lowest BCUT2D eigenvalue weighted by Gasteiger charge is -2.17. The Bertz CT molecular complexity index is 682. The Morgan fingerprint density at radius 1 is 1.25 bits per heavy atom. The van der Waals surface area contributed by atoms with Crippen LogP contribution in [-0.2, 0) is 4.79 Å². The molecule has 0 saturated carbocycles. The molecule has 24 heavy (non-hydrogen) atoms. The van der Waals surface area contributed by atoms with E-state index in [-0.39, 0.29) is 30.6 Å². The first-order chi connectivity index (χ1) is 11.5. The number of Topliss-reactive ketones (excluding diaryl/α,β-unsaturated/α-hetero) is 1. The Morgan fingerprint density at radius 2 is 2.04 bits per heavy atom. The fourth-order valence-corrected chi connectivity index (χ4v) is 2.31. The van der Waals surface area contributed by atoms with E-state index >= 15 is 0 Å². The summed E-state index contributed by atoms with van der Waals surface area (Å²) in [6, 6.07) is 3.05. The van der Waals surface area contributed by atoms with Crippen molar-refractivity contribution in [3.63, 3.8) is 0 Å². The Kier molecular flexibility index (Phi) is 6.17. The fraction of sp³-hybridized carbons (Fsp3) is 0.471. The number of nitrogens with zero attached hydrogens (tertiary/aromatic N) is 3. The molecule has 0 aliphatic heterocycles. The van der Waals surface area contributed by atoms with Crippen LogP contribution >= 0.6 is 0 Å². The van der Waals surface area contributed by atoms with Crippen molar-refractivity contribution in [2.75, 3.05) is 0 Å². The van der Waals surface area contributed by atoms with Crippen molar-refractivity contribution in [2.24, 2.45) is 5.92 Å². The van der Waals surface area contributed by atoms with E-state index in [1.54, 1.807) is 25.3 Å². The molecule has 1 N–H and O–H groups in total. The molecule has 0 bridgehead atoms. The molecule has 2 rings (SSSR count). The second-order valence-electron chi connectivity index (χ2n) is 6.07. The lowest BCUT2D eigenvalue weighted by molar-refractivity contribution is -0.122. The van der Waals surface area contributed by atoms with Gasteiger partial charge in [0.2, 0.25) is 17.7 Å². The molecule has 0 aromatic carbocycles. The molecule has 0 spiro atoms. The van der Waals surface area contributed by atoms with Crippen LogP contribution in [0.1, 0.15) is 61.3 Å². The molecule has 0 radical (unpaired) electrons. The van der Waals surface area contributed by atoms with Crippen LogP contribution in [0.5, 0.6) is 0 Å². The summed E-state index contributed by atoms with van der Waals surface area (Å²) in [4.78, 5) is 28.1. The summed E-state index contributed by atoms with van der Waals surface area (Å²) in [5.41, 5.74) is 0.511. The number of aryl methyl sites for hydroxylation is 1. The van der Waals surface area contributed by atoms with Crippen LogP contribution in [0.2, 0.25) is 0 Å². The predicted molar refractivity (Wildman–Crippen MR) is 87.2 cm³/mol. The first kappa shape index (κ1) is 17.8. The van der Waals surface area contributed by atoms with Gasteiger partial charge in [-0.2, -0.15) is 0 Å². The van der Waals surface area contributed by atoms with Gasteiger partial charge in [-0.3, -0.25) is 14.6 Å². The van der Waals surface area contributed by atoms with Crippen molar-refractivity contribution < 1.29 is 14.0 Å². The summed E-state index contributed by atoms with van der Waals surface area (Å²) >= 11 is 0. The van der Waals surface area contributed by atoms with Gasteiger partial charge >= 0.3 is 0 Å². The van der Waals surface area contributed by atoms with Crippen molar-refractivity contribution in [2.45, 2.75) is 46.1 Å². The molecule has 0 aliphatic rings. The topological polar surface area (TPSA) is 98.0 Å². The Balaban J connectivity index is 1.91. The highest BCUT2D eigenvalue weighted by molar-refractivity contribution is 5.97. The lowest BCUT2D eigenvalue weighted by atomic mass is 10.0. The summed E-state index contributed by atoms with van der Waals surface area (Å²) in [7, 11) is 0. The molecule has 2 heterocycles. The van der Waals surface area contributed by atoms with Gasteiger partial charge in [-0.15, -0.1) is 10.2 Å². The van der Waals surface area contributed by atoms with E-state index in [9.17, 15) is 9.59 Å². The molecule has 7 nitrogen and oxygen atoms in total. The van der Waals surface area contributed by atoms with Crippen molar-refractivity contribution in [3.8, 4) is 0 Å². The normalized spacial score (nSPS) is 12.2. The number of hydrogen-bond donors (Lipinski definition) is 1. The number of carbonyl (C=O) groups is 2. The zero-order chi connectivity index (χ0) is 17.5. The number of rotatable bonds is 8. The number of hydrogen-bond acceptors (Lipinski definition) is 6. The van der Waals surface area contributed by atoms with Gasteiger partial charge in [-0.25, -0.2) is 0 Å². The summed E-state index contributed by atoms with van der Waals surface area (Å²) in [5.74, 6) is 0.883. The minimum Gasteiger partial charge on any atom is -0.423 e. The molecule has 1 atom stereocenters. The van der Waals surface area contributed by atoms with Crippen molar-refractivity contribution >= 4 is 11.7 Å². The summed E-state index contributed by atoms with van der Waals surface area (Å²) < 4.78 is 5.43. The van der Waals surface area contributed by atoms with Crippen molar-refractivity contribution in [3.05, 3.63) is 41.9 Å². The maximum Gasteiger partial charge on any atom is 0.238 e. The number of nitrogens with one attached hydrogen (secondary N) is 1. The number of pyridine rings is 1. The van der Waals surface area contributed by atoms with Crippen LogP contribution in [0.25, 0.3) is 0 Å². The molecular formula is C17H22N4O3. The number of ketones is 1. The molecule has 0 fully saturated rings. The highest BCUT2D eigenvalue weighted by Gasteiger charge is 2.22. The van der Waals surface area contributed by atoms with Crippen LogP contribution in [0.4, 0.5) is 0 Å². The maximum atomic E-state index is 12.2. The minimum atomic E-state index is -0.341. The van der Waals surface area contributed by atoms with Gasteiger partial charge in [-0.1, -0.05) is 13.8 Å². The monoisotopic (exact) mass is 330 g/mol. The minimum absolute atomic E-state index is 0.104. The van der Waals surface area contributed by atoms with Gasteiger partial charge < -0.3 is 9.73 Å². The Morgan fingerprint density at radius 3 is 2.62 bits per heavy atom. The van der Waals surface area contributed by atoms with Crippen LogP contribution in [0.3, 0.4) is 0 Å². The van der Waals surface area contributed by atoms with E-state index in [0.29, 0.717) is 29.7 Å². The smallest absolute Gasteiger partial charge is 0.238 e. The summed E-state index contributed by atoms with van der Waals surface area (Å²) in [6.45, 7) is 5.81. The lowest BCUT2D eigenvalue weighted by Crippen LogP contribution is -2.30. The van der Waals surface area contributed by atoms with Crippen molar-refractivity contribution in [1.82, 2.24) is 20.5 Å². The molecule has 1 unspecified atom stereocenters. The third kappa shape index (κ3) is 5.26. The SMILES string of the molecule is Cc1nnc(C(CC(C)C)NC(=O)CCC(=O)c2cccnc2)o1. The van der Waals surface area contributed by atoms with Gasteiger partial charge in [0.1, 0.15) is 6.04 Å². The van der Waals surface area contributed by atoms with Gasteiger partial charge in [0.25, 0.3) is 0 Å². The third-order valence-corrected chi connectivity index (χ3v) is 3.44. The molecule has 0 aliphatic carbocycles. The van der Waals surface area contributed by atoms with E-state index in [1.807, 2.05) is 13.8 Å². The maximum absolute atomic E-state index is 12.2. The second kappa shape index (κ2) is 8.33. The molecular weight excluding hydrogens is 308 g/mol. The Hall–Kier alpha value is -2.57. The van der Waals surface area contributed by atoms with Gasteiger partial charge in [0, 0.05) is 37.7 Å². The predicted octanol–water partition coefficient (Wildman–Crippen LogP) is 2.64. The molecule has 1 amide bonds. The van der Waals surface area contributed by atoms with Crippen LogP contribution < -0.4 is 5.32 Å². The van der Waals surface area contributed by atoms with Crippen molar-refractivity contribution in [1.29, 1.82) is 0 Å². The van der Waals surface area contributed by atoms with Crippen LogP contribution in [0.15, 0.2) is 28.9 Å². The largest absolute Gasteiger partial charge is 0.423 e. The highest BCUT2D eigenvalue weighted by Crippen LogP contribution is 2.20. The van der Waals surface area contributed by atoms with Gasteiger partial charge in [0.15, 0.2) is 5.78 Å². The van der Waals surface area contributed by atoms with Crippen LogP contribution in [0, 0.1) is 12.8 Å². The molecule has 128 valence electrons. The number of amides is 1. The quantitative estimate of drug-likeness (QED) is 0.747. The van der Waals surface area contributed by atoms with Gasteiger partial charge in [0.05, 0.1) is 0 Å². The Labute approximate surface area is 140 Å². The van der Waals surface area contributed by atoms with E-state index in [0.717, 1.165) is 0 Å². The van der Waals surface area contributed by atoms with Crippen LogP contribution in [-0.4, -0.2) is 26.9 Å². The van der Waals surface area contributed by atoms with E-state index in [2.05, 4.69) is 20.5 Å². The number of aromatic nitrogens is 3. The van der Waals surface area contributed by atoms with Gasteiger partial charge in [-0.05, 0) is 24.5 Å². The summed E-state index contributed by atoms with van der Waals surface area (Å²) in [6.07, 6.45) is 4.03. The molecule has 2 aromatic rings. The summed E-state index contributed by atoms with van der Waals surface area (Å²) in [5, 5.41) is 10.7. The molecule has 0 saturated heterocycles. The first-order valence-corrected chi connectivity index (χ1v) is 7.98. The van der Waals surface area contributed by atoms with E-state index in [4.69, 9.17) is 4.42 Å². The average molecular weight is 330 g/mol. The number of carbonyl (C=O) groups excluding carboxylic acids is 2. The first-order valence-electron chi connectivity index (χ1n) is 7.98. The standard InChI is InChI=1S/C17H22N4O3/c1-11(2)9-14(17-21-20-12(3)24-17)19-16(23)7-6-15(22)13-5-4-8-18-10-13/h4-5,8,10-11,14H,6-7,9H2,1-3H3,(H,19,23). The third-order valence-electron chi connectivity index (χ3n) is 3.44. The molecule has 2 aromatic heterocycles. The zero-order valence-electron chi connectivity index (χ0n) is 14.2. The van der Waals surface area contributed by atoms with E-state index < -0.39 is 0 Å². The second-order valence-corrected chi connectivity index (χ2v) is 6.07. The average Bonchev–Trinajstić information content (AvgIpc) is 2.99. The highest BCUT2D eigenvalue weighted by atomic mass is 16.4. The molecule has 7 heteroatoms. The fourth-order valence-electron chi connectivity index (χ4n) is 2.31.